The summed E-state index contributed by atoms with van der Waals surface area (Å²) in [6.45, 7) is 9.61. The van der Waals surface area contributed by atoms with E-state index in [4.69, 9.17) is 5.73 Å². The van der Waals surface area contributed by atoms with Gasteiger partial charge in [0.2, 0.25) is 0 Å². The van der Waals surface area contributed by atoms with E-state index in [9.17, 15) is 4.79 Å². The van der Waals surface area contributed by atoms with Gasteiger partial charge in [0.1, 0.15) is 5.82 Å². The Labute approximate surface area is 90.5 Å². The molecule has 4 nitrogen and oxygen atoms in total. The maximum atomic E-state index is 11.3. The lowest BCUT2D eigenvalue weighted by Crippen LogP contribution is -2.13. The average Bonchev–Trinajstić information content (AvgIpc) is 2.39. The van der Waals surface area contributed by atoms with Crippen LogP contribution in [-0.4, -0.2) is 17.0 Å². The molecule has 1 aromatic rings. The largest absolute Gasteiger partial charge is 0.372 e. The lowest BCUT2D eigenvalue weighted by Gasteiger charge is -2.10. The third kappa shape index (κ3) is 1.84. The minimum atomic E-state index is -0.351. The summed E-state index contributed by atoms with van der Waals surface area (Å²) < 4.78 is 2.08. The van der Waals surface area contributed by atoms with Gasteiger partial charge in [-0.1, -0.05) is 0 Å². The van der Waals surface area contributed by atoms with Gasteiger partial charge in [-0.25, -0.2) is 0 Å². The van der Waals surface area contributed by atoms with Crippen molar-refractivity contribution < 1.29 is 4.79 Å². The molecule has 0 radical (unpaired) electrons. The van der Waals surface area contributed by atoms with Gasteiger partial charge in [-0.2, -0.15) is 0 Å². The third-order valence-corrected chi connectivity index (χ3v) is 2.67. The fourth-order valence-electron chi connectivity index (χ4n) is 2.05. The van der Waals surface area contributed by atoms with Crippen LogP contribution in [0.25, 0.3) is 0 Å². The van der Waals surface area contributed by atoms with E-state index in [2.05, 4.69) is 16.8 Å². The monoisotopic (exact) mass is 209 g/mol. The molecule has 1 amide bonds. The Kier molecular flexibility index (Phi) is 3.39. The fourth-order valence-corrected chi connectivity index (χ4v) is 2.05. The molecule has 0 atom stereocenters. The van der Waals surface area contributed by atoms with E-state index in [0.29, 0.717) is 5.56 Å². The van der Waals surface area contributed by atoms with Crippen LogP contribution in [0.5, 0.6) is 0 Å². The molecule has 3 N–H and O–H groups in total. The number of amides is 1. The Morgan fingerprint density at radius 3 is 2.40 bits per heavy atom. The number of rotatable bonds is 4. The number of carbonyl (C=O) groups excluding carboxylic acids is 1. The van der Waals surface area contributed by atoms with Crippen LogP contribution >= 0.6 is 0 Å². The van der Waals surface area contributed by atoms with Crippen molar-refractivity contribution in [1.82, 2.24) is 4.57 Å². The van der Waals surface area contributed by atoms with Crippen LogP contribution in [0.3, 0.4) is 0 Å². The first-order chi connectivity index (χ1) is 7.04. The molecule has 1 rings (SSSR count). The molecule has 1 aromatic heterocycles. The predicted octanol–water partition coefficient (Wildman–Crippen LogP) is 1.66. The summed E-state index contributed by atoms with van der Waals surface area (Å²) in [7, 11) is 0. The zero-order valence-corrected chi connectivity index (χ0v) is 9.85. The molecule has 0 aliphatic heterocycles. The summed E-state index contributed by atoms with van der Waals surface area (Å²) in [5.41, 5.74) is 7.91. The number of hydrogen-bond acceptors (Lipinski definition) is 2. The molecule has 84 valence electrons. The van der Waals surface area contributed by atoms with Crippen molar-refractivity contribution in [2.24, 2.45) is 5.73 Å². The highest BCUT2D eigenvalue weighted by Crippen LogP contribution is 2.26. The number of nitrogens with zero attached hydrogens (tertiary/aromatic N) is 1. The molecule has 0 bridgehead atoms. The molecular formula is C11H19N3O. The van der Waals surface area contributed by atoms with Crippen LogP contribution in [0.2, 0.25) is 0 Å². The summed E-state index contributed by atoms with van der Waals surface area (Å²) >= 11 is 0. The average molecular weight is 209 g/mol. The number of anilines is 1. The summed E-state index contributed by atoms with van der Waals surface area (Å²) in [5, 5.41) is 3.27. The second-order valence-electron chi connectivity index (χ2n) is 3.57. The number of primary amides is 1. The van der Waals surface area contributed by atoms with Gasteiger partial charge in [-0.15, -0.1) is 0 Å². The zero-order chi connectivity index (χ0) is 11.6. The van der Waals surface area contributed by atoms with Gasteiger partial charge in [0.05, 0.1) is 5.56 Å². The molecule has 0 fully saturated rings. The van der Waals surface area contributed by atoms with Gasteiger partial charge >= 0.3 is 0 Å². The second kappa shape index (κ2) is 4.38. The van der Waals surface area contributed by atoms with Crippen LogP contribution < -0.4 is 11.1 Å². The van der Waals surface area contributed by atoms with E-state index in [1.54, 1.807) is 0 Å². The maximum absolute atomic E-state index is 11.3. The van der Waals surface area contributed by atoms with Crippen LogP contribution in [0.15, 0.2) is 0 Å². The van der Waals surface area contributed by atoms with E-state index in [1.807, 2.05) is 20.8 Å². The molecule has 0 saturated carbocycles. The quantitative estimate of drug-likeness (QED) is 0.792. The van der Waals surface area contributed by atoms with Crippen LogP contribution in [0, 0.1) is 13.8 Å². The first-order valence-electron chi connectivity index (χ1n) is 5.27. The predicted molar refractivity (Wildman–Crippen MR) is 62.3 cm³/mol. The maximum Gasteiger partial charge on any atom is 0.250 e. The molecular weight excluding hydrogens is 190 g/mol. The fraction of sp³-hybridized carbons (Fsp3) is 0.545. The minimum Gasteiger partial charge on any atom is -0.372 e. The van der Waals surface area contributed by atoms with Crippen LogP contribution in [0.1, 0.15) is 35.5 Å². The van der Waals surface area contributed by atoms with Crippen molar-refractivity contribution >= 4 is 11.7 Å². The highest BCUT2D eigenvalue weighted by molar-refractivity contribution is 5.97. The number of nitrogens with one attached hydrogen (secondary N) is 1. The van der Waals surface area contributed by atoms with Crippen molar-refractivity contribution in [2.45, 2.75) is 34.2 Å². The van der Waals surface area contributed by atoms with Crippen LogP contribution in [-0.2, 0) is 6.54 Å². The molecule has 0 aliphatic rings. The number of aromatic nitrogens is 1. The summed E-state index contributed by atoms with van der Waals surface area (Å²) in [6.07, 6.45) is 0. The van der Waals surface area contributed by atoms with E-state index in [0.717, 1.165) is 30.2 Å². The Bertz CT molecular complexity index is 380. The lowest BCUT2D eigenvalue weighted by atomic mass is 10.1. The van der Waals surface area contributed by atoms with E-state index in [-0.39, 0.29) is 5.91 Å². The Balaban J connectivity index is 3.38. The normalized spacial score (nSPS) is 10.4. The Morgan fingerprint density at radius 2 is 2.00 bits per heavy atom. The van der Waals surface area contributed by atoms with Crippen molar-refractivity contribution in [3.63, 3.8) is 0 Å². The molecule has 0 spiro atoms. The SMILES string of the molecule is CCNc1c(C)c(C(N)=O)c(C)n1CC. The first-order valence-corrected chi connectivity index (χ1v) is 5.27. The number of hydrogen-bond donors (Lipinski definition) is 2. The number of nitrogens with two attached hydrogens (primary N) is 1. The lowest BCUT2D eigenvalue weighted by molar-refractivity contribution is 0.0999. The third-order valence-electron chi connectivity index (χ3n) is 2.67. The molecule has 1 heterocycles. The van der Waals surface area contributed by atoms with Crippen molar-refractivity contribution in [3.8, 4) is 0 Å². The Morgan fingerprint density at radius 1 is 1.40 bits per heavy atom. The minimum absolute atomic E-state index is 0.351. The molecule has 0 saturated heterocycles. The van der Waals surface area contributed by atoms with Crippen molar-refractivity contribution in [2.75, 3.05) is 11.9 Å². The molecule has 0 aromatic carbocycles. The van der Waals surface area contributed by atoms with Gasteiger partial charge in [-0.3, -0.25) is 4.79 Å². The van der Waals surface area contributed by atoms with Gasteiger partial charge in [-0.05, 0) is 27.7 Å². The number of carbonyl (C=O) groups is 1. The molecule has 0 aliphatic carbocycles. The molecule has 4 heteroatoms. The second-order valence-corrected chi connectivity index (χ2v) is 3.57. The van der Waals surface area contributed by atoms with Gasteiger partial charge in [0.15, 0.2) is 0 Å². The zero-order valence-electron chi connectivity index (χ0n) is 9.85. The summed E-state index contributed by atoms with van der Waals surface area (Å²) in [5.74, 6) is 0.655. The highest BCUT2D eigenvalue weighted by Gasteiger charge is 2.19. The van der Waals surface area contributed by atoms with Crippen LogP contribution in [0.4, 0.5) is 5.82 Å². The standard InChI is InChI=1S/C11H19N3O/c1-5-13-11-7(3)9(10(12)15)8(4)14(11)6-2/h13H,5-6H2,1-4H3,(H2,12,15). The van der Waals surface area contributed by atoms with Crippen molar-refractivity contribution in [3.05, 3.63) is 16.8 Å². The van der Waals surface area contributed by atoms with E-state index in [1.165, 1.54) is 0 Å². The topological polar surface area (TPSA) is 60.0 Å². The highest BCUT2D eigenvalue weighted by atomic mass is 16.1. The Hall–Kier alpha value is -1.45. The van der Waals surface area contributed by atoms with Crippen molar-refractivity contribution in [1.29, 1.82) is 0 Å². The van der Waals surface area contributed by atoms with Gasteiger partial charge in [0.25, 0.3) is 5.91 Å². The van der Waals surface area contributed by atoms with E-state index >= 15 is 0 Å². The summed E-state index contributed by atoms with van der Waals surface area (Å²) in [4.78, 5) is 11.3. The van der Waals surface area contributed by atoms with Gasteiger partial charge in [0, 0.05) is 24.3 Å². The van der Waals surface area contributed by atoms with E-state index < -0.39 is 0 Å². The molecule has 0 unspecified atom stereocenters. The first kappa shape index (κ1) is 11.6. The van der Waals surface area contributed by atoms with Gasteiger partial charge < -0.3 is 15.6 Å². The molecule has 15 heavy (non-hydrogen) atoms. The smallest absolute Gasteiger partial charge is 0.250 e. The summed E-state index contributed by atoms with van der Waals surface area (Å²) in [6, 6.07) is 0.